The number of methoxy groups -OCH3 is 1. The summed E-state index contributed by atoms with van der Waals surface area (Å²) in [5.41, 5.74) is -0.996. The number of aromatic hydroxyl groups is 4. The van der Waals surface area contributed by atoms with Crippen LogP contribution >= 0.6 is 0 Å². The second kappa shape index (κ2) is 8.57. The largest absolute Gasteiger partial charge is 0.507 e. The maximum Gasteiger partial charge on any atom is 0.239 e. The van der Waals surface area contributed by atoms with E-state index in [1.54, 1.807) is 0 Å². The Labute approximate surface area is 191 Å². The van der Waals surface area contributed by atoms with Crippen molar-refractivity contribution in [2.24, 2.45) is 0 Å². The number of aliphatic hydroxyl groups excluding tert-OH is 3. The van der Waals surface area contributed by atoms with Crippen molar-refractivity contribution in [1.82, 2.24) is 0 Å². The maximum atomic E-state index is 13.0. The molecule has 1 saturated heterocycles. The Kier molecular flexibility index (Phi) is 5.91. The van der Waals surface area contributed by atoms with Crippen molar-refractivity contribution in [2.75, 3.05) is 7.11 Å². The van der Waals surface area contributed by atoms with Gasteiger partial charge < -0.3 is 54.4 Å². The molecule has 12 heteroatoms. The molecule has 0 bridgehead atoms. The van der Waals surface area contributed by atoms with Gasteiger partial charge in [-0.3, -0.25) is 4.79 Å². The zero-order chi connectivity index (χ0) is 24.9. The lowest BCUT2D eigenvalue weighted by Gasteiger charge is -2.38. The highest BCUT2D eigenvalue weighted by Gasteiger charge is 2.43. The van der Waals surface area contributed by atoms with Gasteiger partial charge >= 0.3 is 0 Å². The van der Waals surface area contributed by atoms with Crippen LogP contribution in [0.25, 0.3) is 22.3 Å². The standard InChI is InChI=1S/C22H22O12/c1-7-15(26)18(29)19(30)22(32-7)33-9-5-10(23)14-13(6-9)34-20(21(31-2)17(14)28)8-3-11(24)16(27)12(25)4-8/h3-7,15,18-19,22-27,29-30H,1-2H3/t7-,15-,18+,19+,22-/m0/s1. The highest BCUT2D eigenvalue weighted by Crippen LogP contribution is 2.42. The monoisotopic (exact) mass is 478 g/mol. The van der Waals surface area contributed by atoms with E-state index in [0.717, 1.165) is 18.2 Å². The molecule has 12 nitrogen and oxygen atoms in total. The fourth-order valence-electron chi connectivity index (χ4n) is 3.68. The molecular weight excluding hydrogens is 456 g/mol. The molecule has 34 heavy (non-hydrogen) atoms. The van der Waals surface area contributed by atoms with Gasteiger partial charge in [-0.1, -0.05) is 0 Å². The van der Waals surface area contributed by atoms with Crippen molar-refractivity contribution in [1.29, 1.82) is 0 Å². The SMILES string of the molecule is COc1c(-c2cc(O)c(O)c(O)c2)oc2cc(O[C@@H]3O[C@@H](C)[C@H](O)[C@@H](O)[C@H]3O)cc(O)c2c1=O. The van der Waals surface area contributed by atoms with Gasteiger partial charge in [-0.2, -0.15) is 0 Å². The van der Waals surface area contributed by atoms with E-state index in [2.05, 4.69) is 0 Å². The Bertz CT molecular complexity index is 1280. The number of rotatable bonds is 4. The molecule has 2 aromatic carbocycles. The third kappa shape index (κ3) is 3.82. The quantitative estimate of drug-likeness (QED) is 0.257. The van der Waals surface area contributed by atoms with Crippen LogP contribution in [0, 0.1) is 0 Å². The third-order valence-corrected chi connectivity index (χ3v) is 5.50. The van der Waals surface area contributed by atoms with Crippen molar-refractivity contribution in [3.8, 4) is 45.8 Å². The molecule has 5 atom stereocenters. The molecule has 2 heterocycles. The highest BCUT2D eigenvalue weighted by atomic mass is 16.7. The van der Waals surface area contributed by atoms with Crippen LogP contribution in [0.3, 0.4) is 0 Å². The van der Waals surface area contributed by atoms with Crippen molar-refractivity contribution >= 4 is 11.0 Å². The summed E-state index contributed by atoms with van der Waals surface area (Å²) in [6.07, 6.45) is -6.80. The van der Waals surface area contributed by atoms with E-state index in [9.17, 15) is 40.5 Å². The van der Waals surface area contributed by atoms with E-state index in [0.29, 0.717) is 0 Å². The molecule has 0 unspecified atom stereocenters. The fraction of sp³-hybridized carbons (Fsp3) is 0.318. The number of fused-ring (bicyclic) bond motifs is 1. The topological polar surface area (TPSA) is 200 Å². The van der Waals surface area contributed by atoms with Crippen LogP contribution < -0.4 is 14.9 Å². The smallest absolute Gasteiger partial charge is 0.239 e. The molecule has 0 radical (unpaired) electrons. The molecule has 1 aliphatic rings. The van der Waals surface area contributed by atoms with Gasteiger partial charge in [0.05, 0.1) is 13.2 Å². The van der Waals surface area contributed by atoms with E-state index in [-0.39, 0.29) is 33.8 Å². The maximum absolute atomic E-state index is 13.0. The van der Waals surface area contributed by atoms with Crippen molar-refractivity contribution in [3.05, 3.63) is 34.5 Å². The highest BCUT2D eigenvalue weighted by molar-refractivity contribution is 5.88. The van der Waals surface area contributed by atoms with E-state index >= 15 is 0 Å². The molecule has 0 spiro atoms. The van der Waals surface area contributed by atoms with Gasteiger partial charge in [-0.25, -0.2) is 0 Å². The zero-order valence-electron chi connectivity index (χ0n) is 17.9. The number of aliphatic hydroxyl groups is 3. The predicted octanol–water partition coefficient (Wildman–Crippen LogP) is 0.497. The Morgan fingerprint density at radius 2 is 1.53 bits per heavy atom. The normalized spacial score (nSPS) is 24.8. The average Bonchev–Trinajstić information content (AvgIpc) is 2.78. The van der Waals surface area contributed by atoms with Crippen LogP contribution in [0.4, 0.5) is 0 Å². The molecule has 1 fully saturated rings. The van der Waals surface area contributed by atoms with Crippen LogP contribution in [-0.2, 0) is 4.74 Å². The van der Waals surface area contributed by atoms with Gasteiger partial charge in [0.15, 0.2) is 23.0 Å². The third-order valence-electron chi connectivity index (χ3n) is 5.50. The van der Waals surface area contributed by atoms with E-state index in [4.69, 9.17) is 18.6 Å². The summed E-state index contributed by atoms with van der Waals surface area (Å²) in [5.74, 6) is -3.38. The molecule has 0 saturated carbocycles. The summed E-state index contributed by atoms with van der Waals surface area (Å²) in [7, 11) is 1.18. The summed E-state index contributed by atoms with van der Waals surface area (Å²) in [6.45, 7) is 1.47. The minimum absolute atomic E-state index is 0.0218. The van der Waals surface area contributed by atoms with Crippen molar-refractivity contribution in [3.63, 3.8) is 0 Å². The number of phenolic OH excluding ortho intramolecular Hbond substituents is 4. The minimum atomic E-state index is -1.62. The second-order valence-electron chi connectivity index (χ2n) is 7.77. The lowest BCUT2D eigenvalue weighted by molar-refractivity contribution is -0.268. The van der Waals surface area contributed by atoms with Gasteiger partial charge in [-0.05, 0) is 19.1 Å². The number of phenols is 4. The molecule has 4 rings (SSSR count). The van der Waals surface area contributed by atoms with Crippen LogP contribution in [0.2, 0.25) is 0 Å². The van der Waals surface area contributed by atoms with Crippen LogP contribution in [0.5, 0.6) is 34.5 Å². The zero-order valence-corrected chi connectivity index (χ0v) is 17.9. The number of hydrogen-bond donors (Lipinski definition) is 7. The first-order chi connectivity index (χ1) is 16.0. The molecule has 182 valence electrons. The molecule has 1 aliphatic heterocycles. The van der Waals surface area contributed by atoms with E-state index in [1.165, 1.54) is 20.1 Å². The fourth-order valence-corrected chi connectivity index (χ4v) is 3.68. The average molecular weight is 478 g/mol. The molecule has 7 N–H and O–H groups in total. The first-order valence-electron chi connectivity index (χ1n) is 10.0. The van der Waals surface area contributed by atoms with Gasteiger partial charge in [0.25, 0.3) is 0 Å². The molecule has 1 aromatic heterocycles. The molecular formula is C22H22O12. The van der Waals surface area contributed by atoms with Crippen molar-refractivity contribution < 1.29 is 54.4 Å². The lowest BCUT2D eigenvalue weighted by Crippen LogP contribution is -2.58. The van der Waals surface area contributed by atoms with Gasteiger partial charge in [0.1, 0.15) is 40.8 Å². The Morgan fingerprint density at radius 1 is 0.882 bits per heavy atom. The van der Waals surface area contributed by atoms with Gasteiger partial charge in [-0.15, -0.1) is 0 Å². The summed E-state index contributed by atoms with van der Waals surface area (Å²) >= 11 is 0. The first kappa shape index (κ1) is 23.4. The Hall–Kier alpha value is -3.71. The summed E-state index contributed by atoms with van der Waals surface area (Å²) < 4.78 is 21.8. The molecule has 0 aliphatic carbocycles. The van der Waals surface area contributed by atoms with Gasteiger partial charge in [0.2, 0.25) is 17.5 Å². The number of hydrogen-bond acceptors (Lipinski definition) is 12. The first-order valence-corrected chi connectivity index (χ1v) is 10.0. The lowest BCUT2D eigenvalue weighted by atomic mass is 10.00. The predicted molar refractivity (Wildman–Crippen MR) is 114 cm³/mol. The van der Waals surface area contributed by atoms with Crippen molar-refractivity contribution in [2.45, 2.75) is 37.6 Å². The van der Waals surface area contributed by atoms with Crippen LogP contribution in [-0.4, -0.2) is 73.6 Å². The summed E-state index contributed by atoms with van der Waals surface area (Å²) in [4.78, 5) is 13.0. The summed E-state index contributed by atoms with van der Waals surface area (Å²) in [6, 6.07) is 4.33. The Balaban J connectivity index is 1.82. The molecule has 3 aromatic rings. The Morgan fingerprint density at radius 3 is 2.15 bits per heavy atom. The van der Waals surface area contributed by atoms with Crippen LogP contribution in [0.15, 0.2) is 33.5 Å². The molecule has 0 amide bonds. The summed E-state index contributed by atoms with van der Waals surface area (Å²) in [5, 5.41) is 69.4. The number of benzene rings is 2. The number of ether oxygens (including phenoxy) is 3. The van der Waals surface area contributed by atoms with Gasteiger partial charge in [0, 0.05) is 17.7 Å². The van der Waals surface area contributed by atoms with Crippen LogP contribution in [0.1, 0.15) is 6.92 Å². The minimum Gasteiger partial charge on any atom is -0.507 e. The van der Waals surface area contributed by atoms with E-state index in [1.807, 2.05) is 0 Å². The van der Waals surface area contributed by atoms with E-state index < -0.39 is 59.1 Å². The second-order valence-corrected chi connectivity index (χ2v) is 7.77.